The molecule has 1 aliphatic rings. The second kappa shape index (κ2) is 19.0. The van der Waals surface area contributed by atoms with Gasteiger partial charge >= 0.3 is 0 Å². The molecule has 33 heavy (non-hydrogen) atoms. The molecule has 0 bridgehead atoms. The lowest BCUT2D eigenvalue weighted by Crippen LogP contribution is -2.50. The average molecular weight is 473 g/mol. The van der Waals surface area contributed by atoms with Gasteiger partial charge in [-0.3, -0.25) is 0 Å². The van der Waals surface area contributed by atoms with Crippen molar-refractivity contribution in [2.24, 2.45) is 16.7 Å². The average Bonchev–Trinajstić information content (AvgIpc) is 2.80. The van der Waals surface area contributed by atoms with Gasteiger partial charge in [0.2, 0.25) is 0 Å². The molecule has 0 aromatic rings. The monoisotopic (exact) mass is 472 g/mol. The molecule has 0 spiro atoms. The first kappa shape index (κ1) is 30.8. The zero-order valence-electron chi connectivity index (χ0n) is 21.5. The molecule has 1 saturated carbocycles. The molecule has 0 aromatic carbocycles. The van der Waals surface area contributed by atoms with Crippen LogP contribution in [-0.2, 0) is 0 Å². The third-order valence-electron chi connectivity index (χ3n) is 8.82. The van der Waals surface area contributed by atoms with Crippen molar-refractivity contribution in [3.8, 4) is 0 Å². The summed E-state index contributed by atoms with van der Waals surface area (Å²) in [6.45, 7) is 0.244. The summed E-state index contributed by atoms with van der Waals surface area (Å²) >= 11 is 0. The largest absolute Gasteiger partial charge is 0.396 e. The molecule has 1 fully saturated rings. The summed E-state index contributed by atoms with van der Waals surface area (Å²) in [5.74, 6) is 0.166. The van der Waals surface area contributed by atoms with Gasteiger partial charge in [-0.15, -0.1) is 0 Å². The molecule has 5 N–H and O–H groups in total. The molecular weight excluding hydrogens is 416 g/mol. The molecule has 198 valence electrons. The summed E-state index contributed by atoms with van der Waals surface area (Å²) in [4.78, 5) is 0. The fraction of sp³-hybridized carbons (Fsp3) is 1.00. The van der Waals surface area contributed by atoms with E-state index < -0.39 is 5.41 Å². The van der Waals surface area contributed by atoms with Crippen molar-refractivity contribution in [2.75, 3.05) is 33.0 Å². The van der Waals surface area contributed by atoms with Crippen molar-refractivity contribution in [3.05, 3.63) is 0 Å². The Bertz CT molecular complexity index is 430. The summed E-state index contributed by atoms with van der Waals surface area (Å²) < 4.78 is 0. The van der Waals surface area contributed by atoms with E-state index >= 15 is 0 Å². The molecule has 0 aliphatic heterocycles. The smallest absolute Gasteiger partial charge is 0.0436 e. The van der Waals surface area contributed by atoms with Crippen LogP contribution in [0.2, 0.25) is 0 Å². The molecule has 5 nitrogen and oxygen atoms in total. The topological polar surface area (TPSA) is 101 Å². The van der Waals surface area contributed by atoms with Crippen molar-refractivity contribution < 1.29 is 25.5 Å². The summed E-state index contributed by atoms with van der Waals surface area (Å²) in [5.41, 5.74) is -0.733. The number of rotatable bonds is 10. The van der Waals surface area contributed by atoms with E-state index in [4.69, 9.17) is 0 Å². The van der Waals surface area contributed by atoms with Crippen LogP contribution in [0.15, 0.2) is 0 Å². The van der Waals surface area contributed by atoms with E-state index in [2.05, 4.69) is 0 Å². The van der Waals surface area contributed by atoms with Crippen LogP contribution in [0.5, 0.6) is 0 Å². The van der Waals surface area contributed by atoms with Crippen LogP contribution in [0.25, 0.3) is 0 Å². The van der Waals surface area contributed by atoms with Crippen LogP contribution >= 0.6 is 0 Å². The Morgan fingerprint density at radius 2 is 0.848 bits per heavy atom. The molecule has 0 saturated heterocycles. The Balaban J connectivity index is 3.28. The normalized spacial score (nSPS) is 24.1. The van der Waals surface area contributed by atoms with Crippen molar-refractivity contribution in [3.63, 3.8) is 0 Å². The Kier molecular flexibility index (Phi) is 17.8. The van der Waals surface area contributed by atoms with Gasteiger partial charge < -0.3 is 25.5 Å². The molecule has 0 radical (unpaired) electrons. The third kappa shape index (κ3) is 10.1. The minimum atomic E-state index is -0.393. The lowest BCUT2D eigenvalue weighted by molar-refractivity contribution is -0.100. The van der Waals surface area contributed by atoms with Crippen LogP contribution < -0.4 is 0 Å². The van der Waals surface area contributed by atoms with Gasteiger partial charge in [0.1, 0.15) is 0 Å². The van der Waals surface area contributed by atoms with E-state index in [9.17, 15) is 25.5 Å². The maximum absolute atomic E-state index is 10.2. The first-order valence-electron chi connectivity index (χ1n) is 14.2. The fourth-order valence-corrected chi connectivity index (χ4v) is 7.10. The predicted molar refractivity (Wildman–Crippen MR) is 136 cm³/mol. The van der Waals surface area contributed by atoms with Crippen LogP contribution in [0.4, 0.5) is 0 Å². The molecule has 1 unspecified atom stereocenters. The highest BCUT2D eigenvalue weighted by atomic mass is 16.3. The van der Waals surface area contributed by atoms with E-state index in [0.29, 0.717) is 32.1 Å². The summed E-state index contributed by atoms with van der Waals surface area (Å²) in [7, 11) is 0. The third-order valence-corrected chi connectivity index (χ3v) is 8.82. The van der Waals surface area contributed by atoms with Gasteiger partial charge in [0.05, 0.1) is 0 Å². The quantitative estimate of drug-likeness (QED) is 0.295. The lowest BCUT2D eigenvalue weighted by Gasteiger charge is -2.56. The lowest BCUT2D eigenvalue weighted by atomic mass is 9.49. The van der Waals surface area contributed by atoms with Gasteiger partial charge in [0.15, 0.2) is 0 Å². The molecule has 1 atom stereocenters. The van der Waals surface area contributed by atoms with Crippen LogP contribution in [0, 0.1) is 16.7 Å². The SMILES string of the molecule is OCCC1CCCCCCCCCCCCCCCC(CCO)(CCO)C1(CCO)CCO. The summed E-state index contributed by atoms with van der Waals surface area (Å²) in [6, 6.07) is 0. The van der Waals surface area contributed by atoms with Crippen molar-refractivity contribution >= 4 is 0 Å². The van der Waals surface area contributed by atoms with Crippen LogP contribution in [0.3, 0.4) is 0 Å². The summed E-state index contributed by atoms with van der Waals surface area (Å²) in [5, 5.41) is 50.6. The second-order valence-corrected chi connectivity index (χ2v) is 10.7. The molecule has 0 aromatic heterocycles. The van der Waals surface area contributed by atoms with E-state index in [1.807, 2.05) is 0 Å². The van der Waals surface area contributed by atoms with E-state index in [-0.39, 0.29) is 44.4 Å². The predicted octanol–water partition coefficient (Wildman–Crippen LogP) is 5.35. The van der Waals surface area contributed by atoms with E-state index in [0.717, 1.165) is 32.1 Å². The highest BCUT2D eigenvalue weighted by Gasteiger charge is 2.52. The van der Waals surface area contributed by atoms with E-state index in [1.54, 1.807) is 0 Å². The highest BCUT2D eigenvalue weighted by molar-refractivity contribution is 5.01. The van der Waals surface area contributed by atoms with Crippen LogP contribution in [-0.4, -0.2) is 58.6 Å². The molecule has 1 rings (SSSR count). The standard InChI is InChI=1S/C28H56O5/c29-21-15-26-14-12-10-8-6-4-2-1-3-5-7-9-11-13-16-27(17-22-30,18-23-31)28(26,19-24-32)20-25-33/h26,29-33H,1-25H2. The Labute approximate surface area is 204 Å². The highest BCUT2D eigenvalue weighted by Crippen LogP contribution is 2.59. The zero-order valence-corrected chi connectivity index (χ0v) is 21.5. The minimum Gasteiger partial charge on any atom is -0.396 e. The number of hydrogen-bond acceptors (Lipinski definition) is 5. The van der Waals surface area contributed by atoms with Crippen molar-refractivity contribution in [1.82, 2.24) is 0 Å². The van der Waals surface area contributed by atoms with Gasteiger partial charge in [-0.2, -0.15) is 0 Å². The van der Waals surface area contributed by atoms with Gasteiger partial charge in [-0.05, 0) is 61.7 Å². The maximum Gasteiger partial charge on any atom is 0.0436 e. The molecule has 0 heterocycles. The zero-order chi connectivity index (χ0) is 24.3. The van der Waals surface area contributed by atoms with Gasteiger partial charge in [0, 0.05) is 33.0 Å². The molecule has 1 aliphatic carbocycles. The number of aliphatic hydroxyl groups is 5. The second-order valence-electron chi connectivity index (χ2n) is 10.7. The van der Waals surface area contributed by atoms with Gasteiger partial charge in [-0.25, -0.2) is 0 Å². The van der Waals surface area contributed by atoms with Crippen molar-refractivity contribution in [2.45, 2.75) is 128 Å². The number of hydrogen-bond donors (Lipinski definition) is 5. The number of aliphatic hydroxyl groups excluding tert-OH is 5. The Morgan fingerprint density at radius 1 is 0.455 bits per heavy atom. The maximum atomic E-state index is 10.2. The Morgan fingerprint density at radius 3 is 1.24 bits per heavy atom. The van der Waals surface area contributed by atoms with E-state index in [1.165, 1.54) is 64.2 Å². The fourth-order valence-electron chi connectivity index (χ4n) is 7.10. The van der Waals surface area contributed by atoms with Gasteiger partial charge in [0.25, 0.3) is 0 Å². The summed E-state index contributed by atoms with van der Waals surface area (Å²) in [6.07, 6.45) is 21.0. The first-order valence-corrected chi connectivity index (χ1v) is 14.2. The van der Waals surface area contributed by atoms with Crippen LogP contribution in [0.1, 0.15) is 128 Å². The van der Waals surface area contributed by atoms with Gasteiger partial charge in [-0.1, -0.05) is 83.5 Å². The van der Waals surface area contributed by atoms with Crippen molar-refractivity contribution in [1.29, 1.82) is 0 Å². The first-order chi connectivity index (χ1) is 16.2. The minimum absolute atomic E-state index is 0.0283. The Hall–Kier alpha value is -0.200. The molecular formula is C28H56O5. The molecule has 0 amide bonds. The molecule has 5 heteroatoms.